The molecule has 1 saturated heterocycles. The van der Waals surface area contributed by atoms with Gasteiger partial charge in [0.2, 0.25) is 5.91 Å². The summed E-state index contributed by atoms with van der Waals surface area (Å²) >= 11 is 0. The second kappa shape index (κ2) is 9.88. The maximum Gasteiger partial charge on any atom is 0.416 e. The molecule has 1 amide bonds. The van der Waals surface area contributed by atoms with Crippen LogP contribution in [0.15, 0.2) is 48.5 Å². The number of nitro groups is 1. The lowest BCUT2D eigenvalue weighted by atomic mass is 10.1. The molecule has 7 nitrogen and oxygen atoms in total. The molecule has 1 fully saturated rings. The molecule has 1 heterocycles. The number of hydrogen-bond donors (Lipinski definition) is 1. The average molecular weight is 436 g/mol. The van der Waals surface area contributed by atoms with Gasteiger partial charge >= 0.3 is 6.18 Å². The van der Waals surface area contributed by atoms with Gasteiger partial charge in [-0.3, -0.25) is 19.8 Å². The zero-order valence-electron chi connectivity index (χ0n) is 16.8. The maximum atomic E-state index is 12.9. The van der Waals surface area contributed by atoms with Crippen LogP contribution in [-0.2, 0) is 17.5 Å². The zero-order valence-corrected chi connectivity index (χ0v) is 16.8. The van der Waals surface area contributed by atoms with Crippen LogP contribution in [0.1, 0.15) is 17.5 Å². The van der Waals surface area contributed by atoms with Crippen LogP contribution >= 0.6 is 0 Å². The summed E-state index contributed by atoms with van der Waals surface area (Å²) in [7, 11) is 0. The van der Waals surface area contributed by atoms with Crippen molar-refractivity contribution >= 4 is 17.3 Å². The summed E-state index contributed by atoms with van der Waals surface area (Å²) in [5.41, 5.74) is -0.0112. The van der Waals surface area contributed by atoms with Gasteiger partial charge < -0.3 is 10.2 Å². The SMILES string of the molecule is O=C(CCN1CCN(Cc2cccc(C(F)(F)F)c2)CC1)Nc1ccccc1[N+](=O)[O-]. The first kappa shape index (κ1) is 22.7. The van der Waals surface area contributed by atoms with Crippen molar-refractivity contribution in [1.29, 1.82) is 0 Å². The van der Waals surface area contributed by atoms with Crippen molar-refractivity contribution in [3.05, 3.63) is 69.8 Å². The molecule has 0 radical (unpaired) electrons. The van der Waals surface area contributed by atoms with E-state index in [1.807, 2.05) is 0 Å². The number of carbonyl (C=O) groups is 1. The summed E-state index contributed by atoms with van der Waals surface area (Å²) in [6, 6.07) is 11.3. The van der Waals surface area contributed by atoms with Crippen LogP contribution in [0.4, 0.5) is 24.5 Å². The number of piperazine rings is 1. The molecule has 0 atom stereocenters. The summed E-state index contributed by atoms with van der Waals surface area (Å²) in [4.78, 5) is 26.8. The number of nitrogens with one attached hydrogen (secondary N) is 1. The molecule has 0 saturated carbocycles. The van der Waals surface area contributed by atoms with Gasteiger partial charge in [0.1, 0.15) is 5.69 Å². The lowest BCUT2D eigenvalue weighted by Crippen LogP contribution is -2.46. The van der Waals surface area contributed by atoms with Gasteiger partial charge in [0.25, 0.3) is 5.69 Å². The van der Waals surface area contributed by atoms with Gasteiger partial charge in [-0.2, -0.15) is 13.2 Å². The number of amides is 1. The summed E-state index contributed by atoms with van der Waals surface area (Å²) in [5.74, 6) is -0.305. The average Bonchev–Trinajstić information content (AvgIpc) is 2.73. The van der Waals surface area contributed by atoms with E-state index in [2.05, 4.69) is 15.1 Å². The largest absolute Gasteiger partial charge is 0.416 e. The molecule has 0 spiro atoms. The number of nitro benzene ring substituents is 1. The normalized spacial score (nSPS) is 15.6. The number of alkyl halides is 3. The van der Waals surface area contributed by atoms with Gasteiger partial charge in [-0.1, -0.05) is 30.3 Å². The molecule has 1 aliphatic rings. The molecule has 10 heteroatoms. The fraction of sp³-hybridized carbons (Fsp3) is 0.381. The Morgan fingerprint density at radius 3 is 2.39 bits per heavy atom. The van der Waals surface area contributed by atoms with Gasteiger partial charge in [-0.15, -0.1) is 0 Å². The van der Waals surface area contributed by atoms with E-state index in [1.165, 1.54) is 30.3 Å². The van der Waals surface area contributed by atoms with E-state index in [0.717, 1.165) is 6.07 Å². The third-order valence-electron chi connectivity index (χ3n) is 5.16. The van der Waals surface area contributed by atoms with Gasteiger partial charge in [0.05, 0.1) is 10.5 Å². The summed E-state index contributed by atoms with van der Waals surface area (Å²) in [6.07, 6.45) is -4.16. The first-order valence-electron chi connectivity index (χ1n) is 9.86. The minimum absolute atomic E-state index is 0.154. The molecular weight excluding hydrogens is 413 g/mol. The topological polar surface area (TPSA) is 78.7 Å². The summed E-state index contributed by atoms with van der Waals surface area (Å²) in [5, 5.41) is 13.6. The maximum absolute atomic E-state index is 12.9. The van der Waals surface area contributed by atoms with Gasteiger partial charge in [0.15, 0.2) is 0 Å². The highest BCUT2D eigenvalue weighted by Crippen LogP contribution is 2.30. The Morgan fingerprint density at radius 2 is 1.71 bits per heavy atom. The minimum atomic E-state index is -4.35. The van der Waals surface area contributed by atoms with Crippen molar-refractivity contribution in [3.63, 3.8) is 0 Å². The lowest BCUT2D eigenvalue weighted by Gasteiger charge is -2.34. The predicted molar refractivity (Wildman–Crippen MR) is 110 cm³/mol. The summed E-state index contributed by atoms with van der Waals surface area (Å²) < 4.78 is 38.6. The number of carbonyl (C=O) groups excluding carboxylic acids is 1. The Balaban J connectivity index is 1.44. The van der Waals surface area contributed by atoms with E-state index >= 15 is 0 Å². The van der Waals surface area contributed by atoms with Crippen molar-refractivity contribution in [1.82, 2.24) is 9.80 Å². The Labute approximate surface area is 177 Å². The van der Waals surface area contributed by atoms with Crippen molar-refractivity contribution < 1.29 is 22.9 Å². The Morgan fingerprint density at radius 1 is 1.03 bits per heavy atom. The zero-order chi connectivity index (χ0) is 22.4. The fourth-order valence-electron chi connectivity index (χ4n) is 3.49. The quantitative estimate of drug-likeness (QED) is 0.528. The molecule has 3 rings (SSSR count). The predicted octanol–water partition coefficient (Wildman–Crippen LogP) is 3.76. The number of halogens is 3. The fourth-order valence-corrected chi connectivity index (χ4v) is 3.49. The van der Waals surface area contributed by atoms with E-state index in [-0.39, 0.29) is 23.7 Å². The van der Waals surface area contributed by atoms with Gasteiger partial charge in [0, 0.05) is 51.8 Å². The third kappa shape index (κ3) is 6.50. The smallest absolute Gasteiger partial charge is 0.320 e. The second-order valence-electron chi connectivity index (χ2n) is 7.39. The van der Waals surface area contributed by atoms with Gasteiger partial charge in [-0.25, -0.2) is 0 Å². The second-order valence-corrected chi connectivity index (χ2v) is 7.39. The molecule has 0 bridgehead atoms. The number of benzene rings is 2. The Hall–Kier alpha value is -2.98. The van der Waals surface area contributed by atoms with E-state index in [1.54, 1.807) is 12.1 Å². The molecule has 166 valence electrons. The van der Waals surface area contributed by atoms with E-state index in [4.69, 9.17) is 0 Å². The van der Waals surface area contributed by atoms with Crippen LogP contribution < -0.4 is 5.32 Å². The van der Waals surface area contributed by atoms with Crippen molar-refractivity contribution in [2.45, 2.75) is 19.1 Å². The molecule has 0 unspecified atom stereocenters. The van der Waals surface area contributed by atoms with Crippen molar-refractivity contribution in [2.24, 2.45) is 0 Å². The molecule has 0 aliphatic carbocycles. The third-order valence-corrected chi connectivity index (χ3v) is 5.16. The van der Waals surface area contributed by atoms with Crippen molar-refractivity contribution in [2.75, 3.05) is 38.0 Å². The molecule has 31 heavy (non-hydrogen) atoms. The molecular formula is C21H23F3N4O3. The number of anilines is 1. The van der Waals surface area contributed by atoms with Gasteiger partial charge in [-0.05, 0) is 17.7 Å². The summed E-state index contributed by atoms with van der Waals surface area (Å²) in [6.45, 7) is 3.69. The minimum Gasteiger partial charge on any atom is -0.320 e. The standard InChI is InChI=1S/C21H23F3N4O3/c22-21(23,24)17-5-3-4-16(14-17)15-27-12-10-26(11-13-27)9-8-20(29)25-18-6-1-2-7-19(18)28(30)31/h1-7,14H,8-13,15H2,(H,25,29). The highest BCUT2D eigenvalue weighted by Gasteiger charge is 2.30. The Kier molecular flexibility index (Phi) is 7.24. The highest BCUT2D eigenvalue weighted by atomic mass is 19.4. The lowest BCUT2D eigenvalue weighted by molar-refractivity contribution is -0.383. The monoisotopic (exact) mass is 436 g/mol. The molecule has 1 N–H and O–H groups in total. The van der Waals surface area contributed by atoms with Crippen LogP contribution in [0, 0.1) is 10.1 Å². The van der Waals surface area contributed by atoms with E-state index in [0.29, 0.717) is 44.8 Å². The number of para-hydroxylation sites is 2. The highest BCUT2D eigenvalue weighted by molar-refractivity contribution is 5.93. The molecule has 0 aromatic heterocycles. The van der Waals surface area contributed by atoms with Crippen LogP contribution in [0.25, 0.3) is 0 Å². The number of nitrogens with zero attached hydrogens (tertiary/aromatic N) is 3. The van der Waals surface area contributed by atoms with Crippen molar-refractivity contribution in [3.8, 4) is 0 Å². The van der Waals surface area contributed by atoms with Crippen LogP contribution in [0.3, 0.4) is 0 Å². The van der Waals surface area contributed by atoms with Crippen LogP contribution in [0.2, 0.25) is 0 Å². The first-order chi connectivity index (χ1) is 14.7. The Bertz CT molecular complexity index is 928. The van der Waals surface area contributed by atoms with E-state index < -0.39 is 16.7 Å². The van der Waals surface area contributed by atoms with E-state index in [9.17, 15) is 28.1 Å². The van der Waals surface area contributed by atoms with Crippen LogP contribution in [0.5, 0.6) is 0 Å². The molecule has 1 aliphatic heterocycles. The number of hydrogen-bond acceptors (Lipinski definition) is 5. The van der Waals surface area contributed by atoms with Crippen LogP contribution in [-0.4, -0.2) is 53.4 Å². The first-order valence-corrected chi connectivity index (χ1v) is 9.86. The molecule has 2 aromatic carbocycles. The number of rotatable bonds is 7. The molecule has 2 aromatic rings.